The average Bonchev–Trinajstić information content (AvgIpc) is 2.59. The molecule has 0 bridgehead atoms. The summed E-state index contributed by atoms with van der Waals surface area (Å²) in [4.78, 5) is 12.2. The minimum Gasteiger partial charge on any atom is -0.468 e. The molecule has 134 valence electrons. The summed E-state index contributed by atoms with van der Waals surface area (Å²) in [7, 11) is -2.65. The van der Waals surface area contributed by atoms with Crippen LogP contribution in [0.1, 0.15) is 37.9 Å². The Hall–Kier alpha value is -2.18. The Bertz CT molecular complexity index is 822. The minimum absolute atomic E-state index is 0.0751. The van der Waals surface area contributed by atoms with Gasteiger partial charge in [-0.05, 0) is 28.7 Å². The highest BCUT2D eigenvalue weighted by Gasteiger charge is 2.28. The normalized spacial score (nSPS) is 13.3. The Morgan fingerprint density at radius 1 is 1.00 bits per heavy atom. The summed E-state index contributed by atoms with van der Waals surface area (Å²) < 4.78 is 32.5. The Morgan fingerprint density at radius 2 is 1.56 bits per heavy atom. The van der Waals surface area contributed by atoms with Crippen LogP contribution >= 0.6 is 0 Å². The molecule has 1 N–H and O–H groups in total. The predicted molar refractivity (Wildman–Crippen MR) is 96.7 cm³/mol. The van der Waals surface area contributed by atoms with Gasteiger partial charge in [0.05, 0.1) is 12.0 Å². The van der Waals surface area contributed by atoms with Crippen LogP contribution in [0.5, 0.6) is 0 Å². The third kappa shape index (κ3) is 4.67. The highest BCUT2D eigenvalue weighted by molar-refractivity contribution is 7.89. The Balaban J connectivity index is 2.33. The zero-order chi connectivity index (χ0) is 18.7. The second-order valence-corrected chi connectivity index (χ2v) is 8.48. The Morgan fingerprint density at radius 3 is 2.04 bits per heavy atom. The maximum absolute atomic E-state index is 12.7. The number of esters is 1. The van der Waals surface area contributed by atoms with E-state index in [4.69, 9.17) is 4.74 Å². The van der Waals surface area contributed by atoms with Crippen LogP contribution in [0.15, 0.2) is 59.5 Å². The number of sulfonamides is 1. The molecule has 1 unspecified atom stereocenters. The van der Waals surface area contributed by atoms with Crippen LogP contribution in [0.3, 0.4) is 0 Å². The molecule has 0 saturated carbocycles. The van der Waals surface area contributed by atoms with Gasteiger partial charge in [0.15, 0.2) is 0 Å². The van der Waals surface area contributed by atoms with E-state index in [-0.39, 0.29) is 10.3 Å². The molecular weight excluding hydrogens is 338 g/mol. The van der Waals surface area contributed by atoms with Gasteiger partial charge in [-0.2, -0.15) is 4.72 Å². The highest BCUT2D eigenvalue weighted by atomic mass is 32.2. The van der Waals surface area contributed by atoms with Crippen molar-refractivity contribution in [2.75, 3.05) is 7.11 Å². The fourth-order valence-electron chi connectivity index (χ4n) is 2.37. The van der Waals surface area contributed by atoms with Gasteiger partial charge in [0.2, 0.25) is 10.0 Å². The summed E-state index contributed by atoms with van der Waals surface area (Å²) in [6.07, 6.45) is 0. The molecule has 0 aliphatic rings. The summed E-state index contributed by atoms with van der Waals surface area (Å²) in [5.74, 6) is -0.666. The molecule has 2 aromatic carbocycles. The third-order valence-electron chi connectivity index (χ3n) is 3.87. The van der Waals surface area contributed by atoms with E-state index in [0.717, 1.165) is 5.56 Å². The first-order valence-corrected chi connectivity index (χ1v) is 9.39. The number of ether oxygens (including phenoxy) is 1. The number of carbonyl (C=O) groups is 1. The van der Waals surface area contributed by atoms with Crippen molar-refractivity contribution in [3.05, 3.63) is 65.7 Å². The fraction of sp³-hybridized carbons (Fsp3) is 0.316. The largest absolute Gasteiger partial charge is 0.468 e. The summed E-state index contributed by atoms with van der Waals surface area (Å²) >= 11 is 0. The number of rotatable bonds is 5. The molecule has 0 aliphatic heterocycles. The maximum Gasteiger partial charge on any atom is 0.328 e. The third-order valence-corrected chi connectivity index (χ3v) is 5.31. The lowest BCUT2D eigenvalue weighted by atomic mass is 9.87. The molecule has 0 amide bonds. The van der Waals surface area contributed by atoms with Crippen LogP contribution in [0.2, 0.25) is 0 Å². The SMILES string of the molecule is COC(=O)C(NS(=O)(=O)c1ccc(C(C)(C)C)cc1)c1ccccc1. The van der Waals surface area contributed by atoms with E-state index in [0.29, 0.717) is 5.56 Å². The van der Waals surface area contributed by atoms with Crippen LogP contribution in [0.4, 0.5) is 0 Å². The topological polar surface area (TPSA) is 72.5 Å². The van der Waals surface area contributed by atoms with Gasteiger partial charge in [-0.3, -0.25) is 0 Å². The van der Waals surface area contributed by atoms with E-state index in [2.05, 4.69) is 25.5 Å². The summed E-state index contributed by atoms with van der Waals surface area (Å²) in [6, 6.07) is 14.2. The molecule has 0 heterocycles. The van der Waals surface area contributed by atoms with Crippen LogP contribution < -0.4 is 4.72 Å². The molecule has 0 spiro atoms. The molecule has 1 atom stereocenters. The van der Waals surface area contributed by atoms with Crippen molar-refractivity contribution in [3.8, 4) is 0 Å². The first-order valence-electron chi connectivity index (χ1n) is 7.91. The van der Waals surface area contributed by atoms with Crippen molar-refractivity contribution in [2.24, 2.45) is 0 Å². The van der Waals surface area contributed by atoms with Crippen LogP contribution in [-0.4, -0.2) is 21.5 Å². The lowest BCUT2D eigenvalue weighted by Gasteiger charge is -2.20. The number of hydrogen-bond acceptors (Lipinski definition) is 4. The fourth-order valence-corrected chi connectivity index (χ4v) is 3.55. The second-order valence-electron chi connectivity index (χ2n) is 6.76. The molecule has 5 nitrogen and oxygen atoms in total. The van der Waals surface area contributed by atoms with Crippen LogP contribution in [0, 0.1) is 0 Å². The summed E-state index contributed by atoms with van der Waals surface area (Å²) in [6.45, 7) is 6.16. The van der Waals surface area contributed by atoms with Gasteiger partial charge in [0, 0.05) is 0 Å². The molecular formula is C19H23NO4S. The molecule has 25 heavy (non-hydrogen) atoms. The van der Waals surface area contributed by atoms with Gasteiger partial charge in [0.25, 0.3) is 0 Å². The van der Waals surface area contributed by atoms with Crippen LogP contribution in [0.25, 0.3) is 0 Å². The highest BCUT2D eigenvalue weighted by Crippen LogP contribution is 2.24. The molecule has 0 saturated heterocycles. The van der Waals surface area contributed by atoms with Gasteiger partial charge >= 0.3 is 5.97 Å². The van der Waals surface area contributed by atoms with E-state index in [1.54, 1.807) is 54.6 Å². The van der Waals surface area contributed by atoms with E-state index in [9.17, 15) is 13.2 Å². The molecule has 2 aromatic rings. The van der Waals surface area contributed by atoms with E-state index in [1.165, 1.54) is 7.11 Å². The van der Waals surface area contributed by atoms with Crippen molar-refractivity contribution in [3.63, 3.8) is 0 Å². The molecule has 0 fully saturated rings. The van der Waals surface area contributed by atoms with E-state index < -0.39 is 22.0 Å². The van der Waals surface area contributed by atoms with Crippen molar-refractivity contribution >= 4 is 16.0 Å². The predicted octanol–water partition coefficient (Wildman–Crippen LogP) is 3.18. The van der Waals surface area contributed by atoms with Gasteiger partial charge in [-0.1, -0.05) is 63.2 Å². The monoisotopic (exact) mass is 361 g/mol. The van der Waals surface area contributed by atoms with Crippen molar-refractivity contribution in [1.29, 1.82) is 0 Å². The quantitative estimate of drug-likeness (QED) is 0.830. The number of hydrogen-bond donors (Lipinski definition) is 1. The van der Waals surface area contributed by atoms with Gasteiger partial charge in [-0.15, -0.1) is 0 Å². The van der Waals surface area contributed by atoms with E-state index >= 15 is 0 Å². The number of carbonyl (C=O) groups excluding carboxylic acids is 1. The summed E-state index contributed by atoms with van der Waals surface area (Å²) in [5, 5.41) is 0. The van der Waals surface area contributed by atoms with E-state index in [1.807, 2.05) is 0 Å². The first kappa shape index (κ1) is 19.1. The number of nitrogens with one attached hydrogen (secondary N) is 1. The van der Waals surface area contributed by atoms with Crippen LogP contribution in [-0.2, 0) is 25.0 Å². The maximum atomic E-state index is 12.7. The average molecular weight is 361 g/mol. The molecule has 2 rings (SSSR count). The summed E-state index contributed by atoms with van der Waals surface area (Å²) in [5.41, 5.74) is 1.47. The van der Waals surface area contributed by atoms with Crippen molar-refractivity contribution < 1.29 is 17.9 Å². The lowest BCUT2D eigenvalue weighted by molar-refractivity contribution is -0.142. The zero-order valence-electron chi connectivity index (χ0n) is 14.8. The lowest BCUT2D eigenvalue weighted by Crippen LogP contribution is -2.34. The molecule has 0 aromatic heterocycles. The zero-order valence-corrected chi connectivity index (χ0v) is 15.6. The second kappa shape index (κ2) is 7.37. The first-order chi connectivity index (χ1) is 11.6. The molecule has 6 heteroatoms. The Labute approximate surface area is 149 Å². The molecule has 0 aliphatic carbocycles. The minimum atomic E-state index is -3.88. The van der Waals surface area contributed by atoms with Gasteiger partial charge < -0.3 is 4.74 Å². The number of methoxy groups -OCH3 is 1. The smallest absolute Gasteiger partial charge is 0.328 e. The Kier molecular flexibility index (Phi) is 5.65. The number of benzene rings is 2. The van der Waals surface area contributed by atoms with Crippen molar-refractivity contribution in [2.45, 2.75) is 37.1 Å². The standard InChI is InChI=1S/C19H23NO4S/c1-19(2,3)15-10-12-16(13-11-15)25(22,23)20-17(18(21)24-4)14-8-6-5-7-9-14/h5-13,17,20H,1-4H3. The van der Waals surface area contributed by atoms with Gasteiger partial charge in [0.1, 0.15) is 6.04 Å². The molecule has 0 radical (unpaired) electrons. The van der Waals surface area contributed by atoms with Gasteiger partial charge in [-0.25, -0.2) is 13.2 Å². The van der Waals surface area contributed by atoms with Crippen molar-refractivity contribution in [1.82, 2.24) is 4.72 Å².